The molecule has 0 unspecified atom stereocenters. The molecule has 2 aromatic heterocycles. The summed E-state index contributed by atoms with van der Waals surface area (Å²) in [5.74, 6) is 0. The van der Waals surface area contributed by atoms with Crippen LogP contribution in [-0.2, 0) is 6.42 Å². The van der Waals surface area contributed by atoms with Gasteiger partial charge in [-0.05, 0) is 23.7 Å². The Morgan fingerprint density at radius 2 is 1.76 bits per heavy atom. The van der Waals surface area contributed by atoms with E-state index in [1.54, 1.807) is 0 Å². The first kappa shape index (κ1) is 17.1. The van der Waals surface area contributed by atoms with Crippen molar-refractivity contribution in [3.8, 4) is 0 Å². The maximum atomic E-state index is 5.01. The summed E-state index contributed by atoms with van der Waals surface area (Å²) in [6.45, 7) is 8.00. The average Bonchev–Trinajstić information content (AvgIpc) is 2.97. The molecule has 0 aliphatic rings. The smallest absolute Gasteiger partial charge is 0.174 e. The number of aromatic amines is 2. The highest BCUT2D eigenvalue weighted by Crippen LogP contribution is 2.18. The molecule has 0 radical (unpaired) electrons. The summed E-state index contributed by atoms with van der Waals surface area (Å²) in [6, 6.07) is 10.3. The van der Waals surface area contributed by atoms with E-state index in [0.29, 0.717) is 4.77 Å². The van der Waals surface area contributed by atoms with E-state index in [2.05, 4.69) is 27.1 Å². The Balaban J connectivity index is 0.000000510. The Labute approximate surface area is 131 Å². The number of H-pyrrole nitrogens is 2. The Morgan fingerprint density at radius 1 is 1.05 bits per heavy atom. The number of nitrogens with zero attached hydrogens (tertiary/aromatic N) is 1. The molecule has 3 rings (SSSR count). The van der Waals surface area contributed by atoms with Gasteiger partial charge in [0.15, 0.2) is 4.77 Å². The molecule has 0 bridgehead atoms. The van der Waals surface area contributed by atoms with Crippen LogP contribution in [0.5, 0.6) is 0 Å². The Bertz CT molecular complexity index is 708. The lowest BCUT2D eigenvalue weighted by Gasteiger charge is -2.03. The molecule has 0 aliphatic heterocycles. The lowest BCUT2D eigenvalue weighted by Crippen LogP contribution is -1.93. The summed E-state index contributed by atoms with van der Waals surface area (Å²) in [6.07, 6.45) is 4.50. The predicted molar refractivity (Wildman–Crippen MR) is 93.2 cm³/mol. The SMILES string of the molecule is CC.CC.S=c1[nH]cc(Cc2nccc3ccccc23)[nH]1. The van der Waals surface area contributed by atoms with E-state index >= 15 is 0 Å². The number of aromatic nitrogens is 3. The summed E-state index contributed by atoms with van der Waals surface area (Å²) in [5, 5.41) is 2.40. The summed E-state index contributed by atoms with van der Waals surface area (Å²) < 4.78 is 0.653. The van der Waals surface area contributed by atoms with Crippen molar-refractivity contribution in [2.45, 2.75) is 34.1 Å². The zero-order valence-corrected chi connectivity index (χ0v) is 13.9. The number of imidazole rings is 1. The maximum Gasteiger partial charge on any atom is 0.174 e. The minimum atomic E-state index is 0.653. The van der Waals surface area contributed by atoms with Gasteiger partial charge in [0.05, 0.1) is 5.69 Å². The molecule has 0 fully saturated rings. The van der Waals surface area contributed by atoms with Gasteiger partial charge in [-0.3, -0.25) is 4.98 Å². The minimum Gasteiger partial charge on any atom is -0.337 e. The summed E-state index contributed by atoms with van der Waals surface area (Å²) in [5.41, 5.74) is 2.12. The second-order valence-electron chi connectivity index (χ2n) is 3.92. The van der Waals surface area contributed by atoms with Gasteiger partial charge in [0.1, 0.15) is 0 Å². The third-order valence-corrected chi connectivity index (χ3v) is 2.99. The Morgan fingerprint density at radius 3 is 2.43 bits per heavy atom. The number of hydrogen-bond acceptors (Lipinski definition) is 2. The van der Waals surface area contributed by atoms with Gasteiger partial charge in [0.25, 0.3) is 0 Å². The van der Waals surface area contributed by atoms with Crippen LogP contribution in [0.2, 0.25) is 0 Å². The highest BCUT2D eigenvalue weighted by Gasteiger charge is 2.03. The first-order valence-corrected chi connectivity index (χ1v) is 7.83. The van der Waals surface area contributed by atoms with Crippen molar-refractivity contribution in [1.29, 1.82) is 0 Å². The van der Waals surface area contributed by atoms with E-state index in [1.165, 1.54) is 10.8 Å². The van der Waals surface area contributed by atoms with Crippen LogP contribution in [-0.4, -0.2) is 15.0 Å². The first-order chi connectivity index (χ1) is 10.3. The summed E-state index contributed by atoms with van der Waals surface area (Å²) in [4.78, 5) is 10.5. The third-order valence-electron chi connectivity index (χ3n) is 2.77. The number of rotatable bonds is 2. The number of benzene rings is 1. The van der Waals surface area contributed by atoms with Gasteiger partial charge in [-0.15, -0.1) is 0 Å². The van der Waals surface area contributed by atoms with Crippen LogP contribution in [0.4, 0.5) is 0 Å². The van der Waals surface area contributed by atoms with Crippen molar-refractivity contribution in [3.05, 3.63) is 58.9 Å². The number of nitrogens with one attached hydrogen (secondary N) is 2. The van der Waals surface area contributed by atoms with E-state index in [-0.39, 0.29) is 0 Å². The van der Waals surface area contributed by atoms with Crippen molar-refractivity contribution >= 4 is 23.0 Å². The van der Waals surface area contributed by atoms with Crippen LogP contribution in [0.1, 0.15) is 39.1 Å². The highest BCUT2D eigenvalue weighted by molar-refractivity contribution is 7.71. The molecule has 0 atom stereocenters. The lowest BCUT2D eigenvalue weighted by molar-refractivity contribution is 1.05. The van der Waals surface area contributed by atoms with Crippen molar-refractivity contribution in [2.75, 3.05) is 0 Å². The Kier molecular flexibility index (Phi) is 7.40. The van der Waals surface area contributed by atoms with Gasteiger partial charge in [-0.1, -0.05) is 52.0 Å². The van der Waals surface area contributed by atoms with Crippen LogP contribution in [0.25, 0.3) is 10.8 Å². The van der Waals surface area contributed by atoms with E-state index in [9.17, 15) is 0 Å². The second kappa shape index (κ2) is 9.08. The largest absolute Gasteiger partial charge is 0.337 e. The van der Waals surface area contributed by atoms with Gasteiger partial charge in [-0.2, -0.15) is 0 Å². The van der Waals surface area contributed by atoms with Crippen molar-refractivity contribution in [3.63, 3.8) is 0 Å². The fourth-order valence-electron chi connectivity index (χ4n) is 1.97. The molecule has 2 heterocycles. The monoisotopic (exact) mass is 301 g/mol. The maximum absolute atomic E-state index is 5.01. The molecule has 3 nitrogen and oxygen atoms in total. The van der Waals surface area contributed by atoms with Crippen LogP contribution >= 0.6 is 12.2 Å². The normalized spacial score (nSPS) is 9.33. The van der Waals surface area contributed by atoms with Gasteiger partial charge in [0.2, 0.25) is 0 Å². The zero-order chi connectivity index (χ0) is 15.7. The highest BCUT2D eigenvalue weighted by atomic mass is 32.1. The van der Waals surface area contributed by atoms with Crippen molar-refractivity contribution in [1.82, 2.24) is 15.0 Å². The number of hydrogen-bond donors (Lipinski definition) is 2. The van der Waals surface area contributed by atoms with Gasteiger partial charge < -0.3 is 9.97 Å². The zero-order valence-electron chi connectivity index (χ0n) is 13.1. The minimum absolute atomic E-state index is 0.653. The molecule has 21 heavy (non-hydrogen) atoms. The summed E-state index contributed by atoms with van der Waals surface area (Å²) in [7, 11) is 0. The first-order valence-electron chi connectivity index (χ1n) is 7.42. The van der Waals surface area contributed by atoms with Crippen LogP contribution in [0.3, 0.4) is 0 Å². The standard InChI is InChI=1S/C13H11N3S.2C2H6/c17-13-15-8-10(16-13)7-12-11-4-2-1-3-9(11)5-6-14-12;2*1-2/h1-6,8H,7H2,(H2,15,16,17);2*1-2H3. The topological polar surface area (TPSA) is 44.5 Å². The van der Waals surface area contributed by atoms with Crippen LogP contribution in [0, 0.1) is 4.77 Å². The Hall–Kier alpha value is -1.94. The molecule has 4 heteroatoms. The molecular weight excluding hydrogens is 278 g/mol. The van der Waals surface area contributed by atoms with Crippen molar-refractivity contribution < 1.29 is 0 Å². The van der Waals surface area contributed by atoms with E-state index in [0.717, 1.165) is 17.8 Å². The van der Waals surface area contributed by atoms with Gasteiger partial charge in [-0.25, -0.2) is 0 Å². The van der Waals surface area contributed by atoms with Crippen LogP contribution in [0.15, 0.2) is 42.7 Å². The van der Waals surface area contributed by atoms with Gasteiger partial charge >= 0.3 is 0 Å². The molecule has 0 amide bonds. The van der Waals surface area contributed by atoms with E-state index in [1.807, 2.05) is 58.3 Å². The predicted octanol–water partition coefficient (Wildman–Crippen LogP) is 5.26. The molecule has 0 saturated carbocycles. The molecule has 1 aromatic carbocycles. The van der Waals surface area contributed by atoms with Crippen molar-refractivity contribution in [2.24, 2.45) is 0 Å². The quantitative estimate of drug-likeness (QED) is 0.634. The number of pyridine rings is 1. The molecular formula is C17H23N3S. The lowest BCUT2D eigenvalue weighted by atomic mass is 10.1. The van der Waals surface area contributed by atoms with E-state index in [4.69, 9.17) is 12.2 Å². The van der Waals surface area contributed by atoms with Gasteiger partial charge in [0, 0.05) is 29.9 Å². The molecule has 0 saturated heterocycles. The molecule has 112 valence electrons. The third kappa shape index (κ3) is 4.53. The fraction of sp³-hybridized carbons (Fsp3) is 0.294. The molecule has 3 aromatic rings. The fourth-order valence-corrected chi connectivity index (χ4v) is 2.16. The molecule has 0 spiro atoms. The van der Waals surface area contributed by atoms with Crippen LogP contribution < -0.4 is 0 Å². The molecule has 0 aliphatic carbocycles. The second-order valence-corrected chi connectivity index (χ2v) is 4.33. The summed E-state index contributed by atoms with van der Waals surface area (Å²) >= 11 is 5.01. The average molecular weight is 301 g/mol. The molecule has 2 N–H and O–H groups in total. The number of fused-ring (bicyclic) bond motifs is 1. The van der Waals surface area contributed by atoms with E-state index < -0.39 is 0 Å².